The zero-order valence-corrected chi connectivity index (χ0v) is 19.2. The molecule has 34 heavy (non-hydrogen) atoms. The first-order valence-electron chi connectivity index (χ1n) is 10.7. The lowest BCUT2D eigenvalue weighted by Gasteiger charge is -2.40. The highest BCUT2D eigenvalue weighted by Gasteiger charge is 2.81. The normalized spacial score (nSPS) is 26.2. The van der Waals surface area contributed by atoms with Gasteiger partial charge in [-0.05, 0) is 50.9 Å². The molecule has 1 aliphatic heterocycles. The predicted octanol–water partition coefficient (Wildman–Crippen LogP) is 4.22. The van der Waals surface area contributed by atoms with Crippen LogP contribution < -0.4 is 0 Å². The topological polar surface area (TPSA) is 111 Å². The van der Waals surface area contributed by atoms with E-state index in [2.05, 4.69) is 15.5 Å². The van der Waals surface area contributed by atoms with Crippen LogP contribution in [0.15, 0.2) is 0 Å². The van der Waals surface area contributed by atoms with E-state index < -0.39 is 50.4 Å². The Balaban J connectivity index is 2.20. The molecule has 1 saturated heterocycles. The third-order valence-electron chi connectivity index (χ3n) is 6.38. The van der Waals surface area contributed by atoms with Gasteiger partial charge in [0.15, 0.2) is 9.84 Å². The van der Waals surface area contributed by atoms with Crippen LogP contribution in [0.3, 0.4) is 0 Å². The third-order valence-corrected chi connectivity index (χ3v) is 8.82. The molecule has 1 aliphatic carbocycles. The van der Waals surface area contributed by atoms with Crippen LogP contribution in [-0.4, -0.2) is 49.0 Å². The molecule has 194 valence electrons. The van der Waals surface area contributed by atoms with Crippen LogP contribution in [0.1, 0.15) is 58.8 Å². The minimum atomic E-state index is -6.38. The Morgan fingerprint density at radius 1 is 1.03 bits per heavy atom. The Kier molecular flexibility index (Phi) is 8.22. The molecule has 2 unspecified atom stereocenters. The fraction of sp³-hybridized carbons (Fsp3) is 0.850. The Morgan fingerprint density at radius 2 is 1.50 bits per heavy atom. The van der Waals surface area contributed by atoms with E-state index in [1.807, 2.05) is 6.92 Å². The van der Waals surface area contributed by atoms with Crippen molar-refractivity contribution in [2.45, 2.75) is 87.4 Å². The lowest BCUT2D eigenvalue weighted by molar-refractivity contribution is -0.448. The number of nitriles is 1. The van der Waals surface area contributed by atoms with Gasteiger partial charge >= 0.3 is 30.1 Å². The summed E-state index contributed by atoms with van der Waals surface area (Å²) in [4.78, 5) is 24.2. The molecule has 0 bridgehead atoms. The van der Waals surface area contributed by atoms with Crippen molar-refractivity contribution in [1.29, 1.82) is 5.26 Å². The van der Waals surface area contributed by atoms with Crippen molar-refractivity contribution in [3.8, 4) is 6.07 Å². The van der Waals surface area contributed by atoms with Gasteiger partial charge in [0, 0.05) is 5.92 Å². The maximum atomic E-state index is 13.1. The molecular weight excluding hydrogens is 496 g/mol. The molecule has 2 atom stereocenters. The van der Waals surface area contributed by atoms with Crippen molar-refractivity contribution in [2.24, 2.45) is 17.8 Å². The summed E-state index contributed by atoms with van der Waals surface area (Å²) in [6.07, 6.45) is -9.92. The van der Waals surface area contributed by atoms with E-state index >= 15 is 0 Å². The molecule has 1 saturated carbocycles. The molecule has 0 aromatic carbocycles. The lowest BCUT2D eigenvalue weighted by Crippen LogP contribution is -2.68. The SMILES string of the molecule is CCCC(CC(C)C#N)C1CCC(S(=O)(=O)C2C(=O)OC(C(F)(F)F)(C(F)(F)F)OC2=O)CC1. The Hall–Kier alpha value is -2.04. The zero-order chi connectivity index (χ0) is 26.1. The quantitative estimate of drug-likeness (QED) is 0.280. The van der Waals surface area contributed by atoms with E-state index in [9.17, 15) is 44.3 Å². The predicted molar refractivity (Wildman–Crippen MR) is 103 cm³/mol. The van der Waals surface area contributed by atoms with Gasteiger partial charge < -0.3 is 9.47 Å². The number of ether oxygens (including phenoxy) is 2. The van der Waals surface area contributed by atoms with Crippen LogP contribution >= 0.6 is 0 Å². The van der Waals surface area contributed by atoms with Gasteiger partial charge in [0.25, 0.3) is 5.25 Å². The van der Waals surface area contributed by atoms with Crippen molar-refractivity contribution in [3.05, 3.63) is 0 Å². The molecule has 2 aliphatic rings. The third kappa shape index (κ3) is 5.28. The second kappa shape index (κ2) is 9.91. The molecule has 0 amide bonds. The smallest absolute Gasteiger partial charge is 0.405 e. The molecule has 14 heteroatoms. The van der Waals surface area contributed by atoms with Gasteiger partial charge in [-0.15, -0.1) is 0 Å². The minimum absolute atomic E-state index is 0.0467. The highest BCUT2D eigenvalue weighted by atomic mass is 32.2. The van der Waals surface area contributed by atoms with Gasteiger partial charge in [0.1, 0.15) is 0 Å². The summed E-state index contributed by atoms with van der Waals surface area (Å²) in [6, 6.07) is 2.15. The number of carbonyl (C=O) groups excluding carboxylic acids is 2. The molecule has 2 fully saturated rings. The van der Waals surface area contributed by atoms with E-state index in [1.165, 1.54) is 0 Å². The highest BCUT2D eigenvalue weighted by molar-refractivity contribution is 7.94. The number of alkyl halides is 6. The molecule has 0 aromatic rings. The maximum Gasteiger partial charge on any atom is 0.478 e. The van der Waals surface area contributed by atoms with Crippen molar-refractivity contribution in [3.63, 3.8) is 0 Å². The van der Waals surface area contributed by atoms with E-state index in [4.69, 9.17) is 5.26 Å². The number of nitrogens with zero attached hydrogens (tertiary/aromatic N) is 1. The zero-order valence-electron chi connectivity index (χ0n) is 18.4. The van der Waals surface area contributed by atoms with Gasteiger partial charge in [-0.2, -0.15) is 31.6 Å². The Morgan fingerprint density at radius 3 is 1.88 bits per heavy atom. The van der Waals surface area contributed by atoms with Gasteiger partial charge in [-0.1, -0.05) is 19.8 Å². The summed E-state index contributed by atoms with van der Waals surface area (Å²) in [5.41, 5.74) is 0. The first kappa shape index (κ1) is 28.2. The number of carbonyl (C=O) groups is 2. The number of hydrogen-bond donors (Lipinski definition) is 0. The fourth-order valence-corrected chi connectivity index (χ4v) is 6.62. The number of cyclic esters (lactones) is 2. The summed E-state index contributed by atoms with van der Waals surface area (Å²) in [5, 5.41) is 4.80. The first-order chi connectivity index (χ1) is 15.5. The standard InChI is InChI=1S/C20H25F6NO6S/c1-3-4-13(9-11(2)10-27)12-5-7-14(8-6-12)34(30,31)15-16(28)32-18(19(21,22)23,20(24,25)26)33-17(15)29/h11-15H,3-9H2,1-2H3. The van der Waals surface area contributed by atoms with Crippen LogP contribution in [0, 0.1) is 29.1 Å². The fourth-order valence-electron chi connectivity index (χ4n) is 4.67. The second-order valence-corrected chi connectivity index (χ2v) is 11.1. The molecule has 0 aromatic heterocycles. The number of halogens is 6. The van der Waals surface area contributed by atoms with E-state index in [-0.39, 0.29) is 30.6 Å². The summed E-state index contributed by atoms with van der Waals surface area (Å²) in [5.74, 6) is -10.5. The monoisotopic (exact) mass is 521 g/mol. The molecule has 0 N–H and O–H groups in total. The molecule has 7 nitrogen and oxygen atoms in total. The average Bonchev–Trinajstić information content (AvgIpc) is 2.71. The van der Waals surface area contributed by atoms with E-state index in [1.54, 1.807) is 6.92 Å². The molecule has 2 rings (SSSR count). The van der Waals surface area contributed by atoms with Crippen LogP contribution in [0.5, 0.6) is 0 Å². The van der Waals surface area contributed by atoms with Crippen molar-refractivity contribution < 1.29 is 53.8 Å². The van der Waals surface area contributed by atoms with E-state index in [0.717, 1.165) is 12.8 Å². The summed E-state index contributed by atoms with van der Waals surface area (Å²) in [6.45, 7) is 3.73. The number of sulfone groups is 1. The average molecular weight is 521 g/mol. The van der Waals surface area contributed by atoms with E-state index in [0.29, 0.717) is 19.3 Å². The number of rotatable bonds is 7. The number of esters is 2. The molecule has 0 spiro atoms. The Labute approximate surface area is 192 Å². The van der Waals surface area contributed by atoms with Gasteiger partial charge in [0.05, 0.1) is 11.3 Å². The summed E-state index contributed by atoms with van der Waals surface area (Å²) >= 11 is 0. The summed E-state index contributed by atoms with van der Waals surface area (Å²) < 4.78 is 111. The van der Waals surface area contributed by atoms with Crippen LogP contribution in [0.25, 0.3) is 0 Å². The van der Waals surface area contributed by atoms with Crippen LogP contribution in [0.4, 0.5) is 26.3 Å². The van der Waals surface area contributed by atoms with Gasteiger partial charge in [-0.25, -0.2) is 18.0 Å². The largest absolute Gasteiger partial charge is 0.478 e. The molecular formula is C20H25F6NO6S. The second-order valence-electron chi connectivity index (χ2n) is 8.77. The molecule has 1 heterocycles. The minimum Gasteiger partial charge on any atom is -0.405 e. The van der Waals surface area contributed by atoms with Gasteiger partial charge in [0.2, 0.25) is 0 Å². The summed E-state index contributed by atoms with van der Waals surface area (Å²) in [7, 11) is -4.85. The van der Waals surface area contributed by atoms with Crippen molar-refractivity contribution in [2.75, 3.05) is 0 Å². The van der Waals surface area contributed by atoms with Crippen LogP contribution in [0.2, 0.25) is 0 Å². The Bertz CT molecular complexity index is 883. The number of hydrogen-bond acceptors (Lipinski definition) is 7. The van der Waals surface area contributed by atoms with Crippen molar-refractivity contribution in [1.82, 2.24) is 0 Å². The van der Waals surface area contributed by atoms with Crippen LogP contribution in [-0.2, 0) is 28.9 Å². The molecule has 0 radical (unpaired) electrons. The first-order valence-corrected chi connectivity index (χ1v) is 12.3. The highest BCUT2D eigenvalue weighted by Crippen LogP contribution is 2.49. The lowest BCUT2D eigenvalue weighted by atomic mass is 9.74. The maximum absolute atomic E-state index is 13.1. The van der Waals surface area contributed by atoms with Gasteiger partial charge in [-0.3, -0.25) is 0 Å². The van der Waals surface area contributed by atoms with Crippen molar-refractivity contribution >= 4 is 21.8 Å².